The number of likely N-dealkylation sites (tertiary alicyclic amines) is 1. The van der Waals surface area contributed by atoms with E-state index in [1.54, 1.807) is 24.5 Å². The molecule has 0 radical (unpaired) electrons. The lowest BCUT2D eigenvalue weighted by atomic mass is 10.2. The van der Waals surface area contributed by atoms with E-state index >= 15 is 0 Å². The summed E-state index contributed by atoms with van der Waals surface area (Å²) in [5.41, 5.74) is 2.49. The van der Waals surface area contributed by atoms with E-state index < -0.39 is 0 Å². The minimum absolute atomic E-state index is 0.195. The molecule has 2 aromatic carbocycles. The fraction of sp³-hybridized carbons (Fsp3) is 0.371. The second kappa shape index (κ2) is 15.8. The number of aliphatic hydroxyl groups is 1. The van der Waals surface area contributed by atoms with Gasteiger partial charge in [-0.25, -0.2) is 0 Å². The van der Waals surface area contributed by atoms with E-state index in [-0.39, 0.29) is 35.0 Å². The molecule has 244 valence electrons. The number of hydrogen-bond donors (Lipinski definition) is 3. The average molecular weight is 631 g/mol. The molecule has 6 rings (SSSR count). The SMILES string of the molecule is CN(Cc1ccn(Cc2ccccc2)c(=O)c1O)CC1OCCO1.O=c1c(O)c(CN2CCC(O)C2)ccn1Cc1ccccc1. The fourth-order valence-electron chi connectivity index (χ4n) is 5.58. The summed E-state index contributed by atoms with van der Waals surface area (Å²) < 4.78 is 13.8. The normalized spacial score (nSPS) is 16.9. The summed E-state index contributed by atoms with van der Waals surface area (Å²) in [6.07, 6.45) is 3.64. The lowest BCUT2D eigenvalue weighted by Gasteiger charge is -2.20. The predicted molar refractivity (Wildman–Crippen MR) is 174 cm³/mol. The molecule has 2 aliphatic heterocycles. The van der Waals surface area contributed by atoms with Crippen molar-refractivity contribution in [3.05, 3.63) is 128 Å². The van der Waals surface area contributed by atoms with Crippen LogP contribution in [-0.2, 0) is 35.7 Å². The third-order valence-corrected chi connectivity index (χ3v) is 8.07. The smallest absolute Gasteiger partial charge is 0.293 e. The lowest BCUT2D eigenvalue weighted by molar-refractivity contribution is -0.0593. The van der Waals surface area contributed by atoms with Gasteiger partial charge in [0.1, 0.15) is 0 Å². The topological polar surface area (TPSA) is 130 Å². The van der Waals surface area contributed by atoms with E-state index in [4.69, 9.17) is 9.47 Å². The van der Waals surface area contributed by atoms with Gasteiger partial charge in [0.15, 0.2) is 17.8 Å². The molecule has 0 saturated carbocycles. The van der Waals surface area contributed by atoms with Gasteiger partial charge in [0.05, 0.1) is 32.4 Å². The van der Waals surface area contributed by atoms with Gasteiger partial charge in [-0.1, -0.05) is 60.7 Å². The van der Waals surface area contributed by atoms with E-state index in [0.717, 1.165) is 24.1 Å². The maximum absolute atomic E-state index is 12.4. The van der Waals surface area contributed by atoms with Gasteiger partial charge >= 0.3 is 0 Å². The minimum Gasteiger partial charge on any atom is -0.503 e. The van der Waals surface area contributed by atoms with Crippen molar-refractivity contribution in [1.82, 2.24) is 18.9 Å². The highest BCUT2D eigenvalue weighted by Crippen LogP contribution is 2.19. The Morgan fingerprint density at radius 1 is 0.761 bits per heavy atom. The summed E-state index contributed by atoms with van der Waals surface area (Å²) in [5, 5.41) is 29.9. The largest absolute Gasteiger partial charge is 0.503 e. The lowest BCUT2D eigenvalue weighted by Crippen LogP contribution is -2.30. The Morgan fingerprint density at radius 3 is 1.80 bits per heavy atom. The number of rotatable bonds is 10. The highest BCUT2D eigenvalue weighted by atomic mass is 16.7. The molecule has 0 amide bonds. The van der Waals surface area contributed by atoms with Crippen LogP contribution in [0.4, 0.5) is 0 Å². The van der Waals surface area contributed by atoms with Crippen LogP contribution in [0.3, 0.4) is 0 Å². The second-order valence-electron chi connectivity index (χ2n) is 11.8. The van der Waals surface area contributed by atoms with Gasteiger partial charge in [0.25, 0.3) is 11.1 Å². The third kappa shape index (κ3) is 8.93. The molecule has 2 saturated heterocycles. The number of benzene rings is 2. The zero-order chi connectivity index (χ0) is 32.5. The molecule has 1 unspecified atom stereocenters. The molecule has 0 aliphatic carbocycles. The summed E-state index contributed by atoms with van der Waals surface area (Å²) in [4.78, 5) is 28.6. The Hall–Kier alpha value is -4.26. The Bertz CT molecular complexity index is 1670. The molecule has 4 heterocycles. The molecule has 2 aliphatic rings. The summed E-state index contributed by atoms with van der Waals surface area (Å²) in [7, 11) is 1.90. The number of likely N-dealkylation sites (N-methyl/N-ethyl adjacent to an activating group) is 1. The zero-order valence-electron chi connectivity index (χ0n) is 26.1. The van der Waals surface area contributed by atoms with Crippen molar-refractivity contribution in [2.45, 2.75) is 45.0 Å². The molecule has 1 atom stereocenters. The minimum atomic E-state index is -0.377. The van der Waals surface area contributed by atoms with Crippen molar-refractivity contribution in [1.29, 1.82) is 0 Å². The van der Waals surface area contributed by atoms with Crippen LogP contribution in [-0.4, -0.2) is 86.5 Å². The highest BCUT2D eigenvalue weighted by molar-refractivity contribution is 5.31. The number of β-amino-alcohol motifs (C(OH)–C–C–N with tert-alkyl or cyclic N) is 1. The molecule has 4 aromatic rings. The van der Waals surface area contributed by atoms with Crippen molar-refractivity contribution >= 4 is 0 Å². The monoisotopic (exact) mass is 630 g/mol. The maximum atomic E-state index is 12.4. The maximum Gasteiger partial charge on any atom is 0.293 e. The number of ether oxygens (including phenoxy) is 2. The van der Waals surface area contributed by atoms with Crippen molar-refractivity contribution in [3.8, 4) is 11.5 Å². The Labute approximate surface area is 268 Å². The molecule has 3 N–H and O–H groups in total. The van der Waals surface area contributed by atoms with Crippen molar-refractivity contribution < 1.29 is 24.8 Å². The highest BCUT2D eigenvalue weighted by Gasteiger charge is 2.22. The molecular weight excluding hydrogens is 588 g/mol. The average Bonchev–Trinajstić information content (AvgIpc) is 3.73. The quantitative estimate of drug-likeness (QED) is 0.242. The van der Waals surface area contributed by atoms with E-state index in [2.05, 4.69) is 0 Å². The second-order valence-corrected chi connectivity index (χ2v) is 11.8. The standard InChI is InChI=1S/C18H22N2O4.C17H20N2O3/c1-19(13-16-23-9-10-24-16)12-15-7-8-20(18(22)17(15)21)11-14-5-3-2-4-6-14;20-15-7-8-18(12-15)11-14-6-9-19(17(22)16(14)21)10-13-4-2-1-3-5-13/h2-8,16,21H,9-13H2,1H3;1-6,9,15,20-21H,7-8,10-12H2. The van der Waals surface area contributed by atoms with Gasteiger partial charge < -0.3 is 33.9 Å². The van der Waals surface area contributed by atoms with Gasteiger partial charge in [-0.3, -0.25) is 19.4 Å². The number of pyridine rings is 2. The van der Waals surface area contributed by atoms with E-state index in [0.29, 0.717) is 63.6 Å². The van der Waals surface area contributed by atoms with Crippen LogP contribution >= 0.6 is 0 Å². The van der Waals surface area contributed by atoms with Crippen LogP contribution in [0.2, 0.25) is 0 Å². The molecule has 2 fully saturated rings. The summed E-state index contributed by atoms with van der Waals surface area (Å²) in [5.74, 6) is -0.395. The van der Waals surface area contributed by atoms with E-state index in [9.17, 15) is 24.9 Å². The van der Waals surface area contributed by atoms with E-state index in [1.807, 2.05) is 77.5 Å². The summed E-state index contributed by atoms with van der Waals surface area (Å²) >= 11 is 0. The Kier molecular flexibility index (Phi) is 11.4. The first-order chi connectivity index (χ1) is 22.3. The summed E-state index contributed by atoms with van der Waals surface area (Å²) in [6, 6.07) is 22.9. The number of aromatic hydroxyl groups is 2. The molecular formula is C35H42N4O7. The molecule has 0 bridgehead atoms. The Balaban J connectivity index is 0.000000182. The van der Waals surface area contributed by atoms with Crippen LogP contribution in [0.25, 0.3) is 0 Å². The van der Waals surface area contributed by atoms with Gasteiger partial charge in [-0.15, -0.1) is 0 Å². The number of aliphatic hydroxyl groups excluding tert-OH is 1. The first-order valence-electron chi connectivity index (χ1n) is 15.5. The van der Waals surface area contributed by atoms with Crippen LogP contribution < -0.4 is 11.1 Å². The van der Waals surface area contributed by atoms with Crippen LogP contribution in [0, 0.1) is 0 Å². The number of hydrogen-bond acceptors (Lipinski definition) is 9. The van der Waals surface area contributed by atoms with Crippen molar-refractivity contribution in [3.63, 3.8) is 0 Å². The van der Waals surface area contributed by atoms with Crippen molar-refractivity contribution in [2.24, 2.45) is 0 Å². The van der Waals surface area contributed by atoms with Crippen LogP contribution in [0.15, 0.2) is 94.8 Å². The summed E-state index contributed by atoms with van der Waals surface area (Å²) in [6.45, 7) is 5.01. The van der Waals surface area contributed by atoms with Crippen LogP contribution in [0.1, 0.15) is 28.7 Å². The molecule has 11 heteroatoms. The Morgan fingerprint density at radius 2 is 1.28 bits per heavy atom. The van der Waals surface area contributed by atoms with E-state index in [1.165, 1.54) is 9.13 Å². The first-order valence-corrected chi connectivity index (χ1v) is 15.5. The van der Waals surface area contributed by atoms with Gasteiger partial charge in [-0.2, -0.15) is 0 Å². The molecule has 46 heavy (non-hydrogen) atoms. The number of aromatic nitrogens is 2. The van der Waals surface area contributed by atoms with Gasteiger partial charge in [0.2, 0.25) is 0 Å². The molecule has 0 spiro atoms. The first kappa shape index (κ1) is 33.1. The zero-order valence-corrected chi connectivity index (χ0v) is 26.1. The van der Waals surface area contributed by atoms with Crippen molar-refractivity contribution in [2.75, 3.05) is 39.9 Å². The third-order valence-electron chi connectivity index (χ3n) is 8.07. The number of nitrogens with zero attached hydrogens (tertiary/aromatic N) is 4. The van der Waals surface area contributed by atoms with Gasteiger partial charge in [0, 0.05) is 56.2 Å². The molecule has 11 nitrogen and oxygen atoms in total. The predicted octanol–water partition coefficient (Wildman–Crippen LogP) is 2.58. The fourth-order valence-corrected chi connectivity index (χ4v) is 5.58. The molecule has 2 aromatic heterocycles. The van der Waals surface area contributed by atoms with Gasteiger partial charge in [-0.05, 0) is 36.7 Å². The van der Waals surface area contributed by atoms with Crippen LogP contribution in [0.5, 0.6) is 11.5 Å².